The van der Waals surface area contributed by atoms with Crippen molar-refractivity contribution in [2.45, 2.75) is 13.8 Å². The van der Waals surface area contributed by atoms with Crippen LogP contribution in [0.4, 0.5) is 5.69 Å². The Hall–Kier alpha value is -3.84. The van der Waals surface area contributed by atoms with Crippen LogP contribution in [0.2, 0.25) is 0 Å². The second-order valence-corrected chi connectivity index (χ2v) is 10.3. The van der Waals surface area contributed by atoms with Gasteiger partial charge in [-0.25, -0.2) is 4.98 Å². The first-order valence-corrected chi connectivity index (χ1v) is 13.0. The Morgan fingerprint density at radius 2 is 1.78 bits per heavy atom. The third-order valence-corrected chi connectivity index (χ3v) is 8.21. The van der Waals surface area contributed by atoms with Crippen molar-refractivity contribution in [1.29, 1.82) is 0 Å². The molecule has 5 aromatic rings. The standard InChI is InChI=1S/C29H28N4O2S/c1-19-6-4-9-25(20(19)2)31-12-14-32(15-13-31)28(34)22-10-11-26-27(17-22)36-29-30-24(18-33(26)29)21-7-5-8-23(16-21)35-3/h4-11,16-18H,12-15H2,1-3H3. The number of hydrogen-bond donors (Lipinski definition) is 0. The van der Waals surface area contributed by atoms with Crippen molar-refractivity contribution < 1.29 is 9.53 Å². The summed E-state index contributed by atoms with van der Waals surface area (Å²) in [4.78, 5) is 23.5. The predicted molar refractivity (Wildman–Crippen MR) is 147 cm³/mol. The van der Waals surface area contributed by atoms with Crippen LogP contribution in [-0.2, 0) is 0 Å². The second kappa shape index (κ2) is 8.99. The van der Waals surface area contributed by atoms with E-state index in [0.717, 1.165) is 63.9 Å². The van der Waals surface area contributed by atoms with E-state index in [2.05, 4.69) is 47.5 Å². The Morgan fingerprint density at radius 1 is 0.972 bits per heavy atom. The molecule has 1 fully saturated rings. The first-order valence-electron chi connectivity index (χ1n) is 12.2. The molecular formula is C29H28N4O2S. The molecule has 2 aromatic heterocycles. The smallest absolute Gasteiger partial charge is 0.254 e. The van der Waals surface area contributed by atoms with Gasteiger partial charge in [-0.2, -0.15) is 0 Å². The van der Waals surface area contributed by atoms with Gasteiger partial charge < -0.3 is 14.5 Å². The molecule has 0 bridgehead atoms. The Morgan fingerprint density at radius 3 is 2.58 bits per heavy atom. The van der Waals surface area contributed by atoms with Crippen molar-refractivity contribution >= 4 is 38.1 Å². The summed E-state index contributed by atoms with van der Waals surface area (Å²) in [5.74, 6) is 0.910. The molecule has 1 aliphatic heterocycles. The lowest BCUT2D eigenvalue weighted by Gasteiger charge is -2.37. The van der Waals surface area contributed by atoms with E-state index in [0.29, 0.717) is 0 Å². The van der Waals surface area contributed by atoms with Crippen LogP contribution in [0.25, 0.3) is 26.4 Å². The van der Waals surface area contributed by atoms with Crippen LogP contribution in [0.3, 0.4) is 0 Å². The van der Waals surface area contributed by atoms with Gasteiger partial charge in [-0.3, -0.25) is 9.20 Å². The Bertz CT molecular complexity index is 1590. The minimum Gasteiger partial charge on any atom is -0.497 e. The van der Waals surface area contributed by atoms with Gasteiger partial charge in [0.1, 0.15) is 5.75 Å². The molecule has 3 aromatic carbocycles. The minimum atomic E-state index is 0.0978. The number of piperazine rings is 1. The average molecular weight is 497 g/mol. The number of rotatable bonds is 4. The van der Waals surface area contributed by atoms with E-state index in [-0.39, 0.29) is 5.91 Å². The molecule has 182 valence electrons. The lowest BCUT2D eigenvalue weighted by Crippen LogP contribution is -2.49. The number of hydrogen-bond acceptors (Lipinski definition) is 5. The highest BCUT2D eigenvalue weighted by atomic mass is 32.1. The second-order valence-electron chi connectivity index (χ2n) is 9.29. The summed E-state index contributed by atoms with van der Waals surface area (Å²) in [6.45, 7) is 7.46. The number of nitrogens with zero attached hydrogens (tertiary/aromatic N) is 4. The predicted octanol–water partition coefficient (Wildman–Crippen LogP) is 5.80. The number of amides is 1. The van der Waals surface area contributed by atoms with Crippen LogP contribution >= 0.6 is 11.3 Å². The zero-order valence-corrected chi connectivity index (χ0v) is 21.5. The number of fused-ring (bicyclic) bond motifs is 3. The van der Waals surface area contributed by atoms with Crippen molar-refractivity contribution in [3.8, 4) is 17.0 Å². The van der Waals surface area contributed by atoms with Gasteiger partial charge in [0.15, 0.2) is 4.96 Å². The van der Waals surface area contributed by atoms with E-state index in [1.807, 2.05) is 47.4 Å². The van der Waals surface area contributed by atoms with E-state index >= 15 is 0 Å². The van der Waals surface area contributed by atoms with Crippen LogP contribution in [0, 0.1) is 13.8 Å². The summed E-state index contributed by atoms with van der Waals surface area (Å²) >= 11 is 1.61. The highest BCUT2D eigenvalue weighted by Gasteiger charge is 2.24. The number of carbonyl (C=O) groups excluding carboxylic acids is 1. The molecule has 0 saturated carbocycles. The first kappa shape index (κ1) is 22.6. The van der Waals surface area contributed by atoms with Gasteiger partial charge in [-0.05, 0) is 61.4 Å². The van der Waals surface area contributed by atoms with Crippen LogP contribution in [0.5, 0.6) is 5.75 Å². The van der Waals surface area contributed by atoms with E-state index in [4.69, 9.17) is 9.72 Å². The molecule has 3 heterocycles. The fourth-order valence-corrected chi connectivity index (χ4v) is 6.01. The molecule has 1 amide bonds. The van der Waals surface area contributed by atoms with Crippen LogP contribution < -0.4 is 9.64 Å². The molecule has 0 spiro atoms. The van der Waals surface area contributed by atoms with Gasteiger partial charge in [-0.15, -0.1) is 0 Å². The van der Waals surface area contributed by atoms with E-state index in [1.54, 1.807) is 18.4 Å². The maximum Gasteiger partial charge on any atom is 0.254 e. The Kier molecular flexibility index (Phi) is 5.64. The number of aryl methyl sites for hydroxylation is 1. The van der Waals surface area contributed by atoms with Crippen molar-refractivity contribution in [3.05, 3.63) is 83.6 Å². The third kappa shape index (κ3) is 3.89. The zero-order chi connectivity index (χ0) is 24.8. The summed E-state index contributed by atoms with van der Waals surface area (Å²) in [5.41, 5.74) is 7.62. The van der Waals surface area contributed by atoms with E-state index in [9.17, 15) is 4.79 Å². The number of imidazole rings is 1. The lowest BCUT2D eigenvalue weighted by molar-refractivity contribution is 0.0747. The molecule has 0 N–H and O–H groups in total. The van der Waals surface area contributed by atoms with E-state index < -0.39 is 0 Å². The number of ether oxygens (including phenoxy) is 1. The molecule has 6 nitrogen and oxygen atoms in total. The zero-order valence-electron chi connectivity index (χ0n) is 20.7. The molecular weight excluding hydrogens is 468 g/mol. The Balaban J connectivity index is 1.21. The molecule has 0 radical (unpaired) electrons. The highest BCUT2D eigenvalue weighted by Crippen LogP contribution is 2.32. The maximum atomic E-state index is 13.3. The number of methoxy groups -OCH3 is 1. The van der Waals surface area contributed by atoms with Gasteiger partial charge >= 0.3 is 0 Å². The molecule has 7 heteroatoms. The summed E-state index contributed by atoms with van der Waals surface area (Å²) in [6.07, 6.45) is 2.05. The quantitative estimate of drug-likeness (QED) is 0.315. The normalized spacial score (nSPS) is 14.1. The molecule has 36 heavy (non-hydrogen) atoms. The fraction of sp³-hybridized carbons (Fsp3) is 0.241. The minimum absolute atomic E-state index is 0.0978. The van der Waals surface area contributed by atoms with Crippen LogP contribution in [0.15, 0.2) is 66.9 Å². The van der Waals surface area contributed by atoms with Gasteiger partial charge in [0, 0.05) is 49.2 Å². The van der Waals surface area contributed by atoms with Gasteiger partial charge in [-0.1, -0.05) is 35.6 Å². The third-order valence-electron chi connectivity index (χ3n) is 7.19. The van der Waals surface area contributed by atoms with E-state index in [1.165, 1.54) is 16.8 Å². The van der Waals surface area contributed by atoms with Gasteiger partial charge in [0.25, 0.3) is 5.91 Å². The summed E-state index contributed by atoms with van der Waals surface area (Å²) < 4.78 is 8.52. The Labute approximate surface area is 214 Å². The molecule has 1 saturated heterocycles. The topological polar surface area (TPSA) is 50.1 Å². The van der Waals surface area contributed by atoms with Crippen molar-refractivity contribution in [3.63, 3.8) is 0 Å². The largest absolute Gasteiger partial charge is 0.497 e. The monoisotopic (exact) mass is 496 g/mol. The van der Waals surface area contributed by atoms with Gasteiger partial charge in [0.05, 0.1) is 23.0 Å². The van der Waals surface area contributed by atoms with Crippen molar-refractivity contribution in [1.82, 2.24) is 14.3 Å². The fourth-order valence-electron chi connectivity index (χ4n) is 4.97. The number of carbonyl (C=O) groups is 1. The summed E-state index contributed by atoms with van der Waals surface area (Å²) in [5, 5.41) is 0. The van der Waals surface area contributed by atoms with Crippen LogP contribution in [0.1, 0.15) is 21.5 Å². The SMILES string of the molecule is COc1cccc(-c2cn3c(n2)sc2cc(C(=O)N4CCN(c5cccc(C)c5C)CC4)ccc23)c1. The molecule has 6 rings (SSSR count). The molecule has 0 aliphatic carbocycles. The first-order chi connectivity index (χ1) is 17.5. The molecule has 0 atom stereocenters. The number of benzene rings is 3. The highest BCUT2D eigenvalue weighted by molar-refractivity contribution is 7.23. The maximum absolute atomic E-state index is 13.3. The summed E-state index contributed by atoms with van der Waals surface area (Å²) in [7, 11) is 1.67. The summed E-state index contributed by atoms with van der Waals surface area (Å²) in [6, 6.07) is 20.4. The number of anilines is 1. The van der Waals surface area contributed by atoms with Crippen LogP contribution in [-0.4, -0.2) is 53.5 Å². The molecule has 0 unspecified atom stereocenters. The average Bonchev–Trinajstić information content (AvgIpc) is 3.48. The molecule has 1 aliphatic rings. The van der Waals surface area contributed by atoms with Crippen molar-refractivity contribution in [2.75, 3.05) is 38.2 Å². The lowest BCUT2D eigenvalue weighted by atomic mass is 10.1. The number of aromatic nitrogens is 2. The number of thiazole rings is 1. The van der Waals surface area contributed by atoms with Crippen molar-refractivity contribution in [2.24, 2.45) is 0 Å². The van der Waals surface area contributed by atoms with Gasteiger partial charge in [0.2, 0.25) is 0 Å².